The first kappa shape index (κ1) is 11.7. The number of hydrogen-bond donors (Lipinski definition) is 1. The lowest BCUT2D eigenvalue weighted by atomic mass is 10.2. The molecule has 1 heterocycles. The van der Waals surface area contributed by atoms with Crippen molar-refractivity contribution in [3.8, 4) is 0 Å². The molecule has 1 aliphatic heterocycles. The van der Waals surface area contributed by atoms with E-state index in [1.165, 1.54) is 43.1 Å². The summed E-state index contributed by atoms with van der Waals surface area (Å²) in [6.45, 7) is 3.29. The molecule has 1 saturated heterocycles. The molecule has 1 unspecified atom stereocenters. The molecule has 0 aromatic rings. The van der Waals surface area contributed by atoms with Crippen LogP contribution in [0.5, 0.6) is 0 Å². The Labute approximate surface area is 94.9 Å². The van der Waals surface area contributed by atoms with Gasteiger partial charge in [-0.3, -0.25) is 0 Å². The van der Waals surface area contributed by atoms with Crippen molar-refractivity contribution in [1.29, 1.82) is 0 Å². The van der Waals surface area contributed by atoms with Gasteiger partial charge in [-0.25, -0.2) is 0 Å². The van der Waals surface area contributed by atoms with Gasteiger partial charge in [-0.1, -0.05) is 22.6 Å². The molecule has 1 N–H and O–H groups in total. The topological polar surface area (TPSA) is 21.3 Å². The first-order valence-corrected chi connectivity index (χ1v) is 6.84. The Kier molecular flexibility index (Phi) is 7.21. The Morgan fingerprint density at radius 3 is 2.92 bits per heavy atom. The Bertz CT molecular complexity index is 115. The van der Waals surface area contributed by atoms with Gasteiger partial charge in [0.2, 0.25) is 0 Å². The van der Waals surface area contributed by atoms with Crippen molar-refractivity contribution in [2.24, 2.45) is 0 Å². The quantitative estimate of drug-likeness (QED) is 0.442. The molecule has 0 amide bonds. The van der Waals surface area contributed by atoms with Crippen molar-refractivity contribution in [2.45, 2.75) is 38.2 Å². The van der Waals surface area contributed by atoms with Crippen LogP contribution in [0.1, 0.15) is 32.1 Å². The van der Waals surface area contributed by atoms with E-state index in [2.05, 4.69) is 27.9 Å². The Morgan fingerprint density at radius 1 is 1.31 bits per heavy atom. The van der Waals surface area contributed by atoms with Gasteiger partial charge < -0.3 is 10.1 Å². The molecular weight excluding hydrogens is 277 g/mol. The smallest absolute Gasteiger partial charge is 0.0588 e. The van der Waals surface area contributed by atoms with Crippen LogP contribution < -0.4 is 5.32 Å². The van der Waals surface area contributed by atoms with Crippen LogP contribution in [0, 0.1) is 0 Å². The monoisotopic (exact) mass is 297 g/mol. The minimum Gasteiger partial charge on any atom is -0.378 e. The third-order valence-electron chi connectivity index (χ3n) is 2.40. The fourth-order valence-electron chi connectivity index (χ4n) is 1.60. The maximum Gasteiger partial charge on any atom is 0.0588 e. The van der Waals surface area contributed by atoms with E-state index in [0.717, 1.165) is 13.2 Å². The van der Waals surface area contributed by atoms with Gasteiger partial charge in [-0.2, -0.15) is 0 Å². The molecule has 1 atom stereocenters. The van der Waals surface area contributed by atoms with E-state index >= 15 is 0 Å². The molecule has 2 nitrogen and oxygen atoms in total. The number of halogens is 1. The molecular formula is C10H20INO. The second-order valence-corrected chi connectivity index (χ2v) is 4.65. The summed E-state index contributed by atoms with van der Waals surface area (Å²) in [5.74, 6) is 0. The number of hydrogen-bond acceptors (Lipinski definition) is 2. The summed E-state index contributed by atoms with van der Waals surface area (Å²) >= 11 is 2.43. The summed E-state index contributed by atoms with van der Waals surface area (Å²) in [4.78, 5) is 0. The van der Waals surface area contributed by atoms with Gasteiger partial charge in [0.05, 0.1) is 6.10 Å². The fourth-order valence-corrected chi connectivity index (χ4v) is 2.14. The van der Waals surface area contributed by atoms with Gasteiger partial charge in [-0.15, -0.1) is 0 Å². The summed E-state index contributed by atoms with van der Waals surface area (Å²) in [7, 11) is 0. The number of nitrogens with one attached hydrogen (secondary N) is 1. The summed E-state index contributed by atoms with van der Waals surface area (Å²) in [6, 6.07) is 0. The van der Waals surface area contributed by atoms with E-state index in [0.29, 0.717) is 6.10 Å². The zero-order valence-corrected chi connectivity index (χ0v) is 10.4. The predicted molar refractivity (Wildman–Crippen MR) is 64.6 cm³/mol. The van der Waals surface area contributed by atoms with E-state index in [1.54, 1.807) is 0 Å². The van der Waals surface area contributed by atoms with Gasteiger partial charge in [0.15, 0.2) is 0 Å². The van der Waals surface area contributed by atoms with E-state index in [9.17, 15) is 0 Å². The van der Waals surface area contributed by atoms with Crippen LogP contribution in [0.25, 0.3) is 0 Å². The van der Waals surface area contributed by atoms with E-state index < -0.39 is 0 Å². The SMILES string of the molecule is ICCCCNCCC1CCCO1. The van der Waals surface area contributed by atoms with E-state index in [4.69, 9.17) is 4.74 Å². The summed E-state index contributed by atoms with van der Waals surface area (Å²) in [6.07, 6.45) is 6.94. The summed E-state index contributed by atoms with van der Waals surface area (Å²) < 4.78 is 6.82. The highest BCUT2D eigenvalue weighted by atomic mass is 127. The maximum atomic E-state index is 5.54. The second kappa shape index (κ2) is 8.00. The first-order chi connectivity index (χ1) is 6.43. The second-order valence-electron chi connectivity index (χ2n) is 3.57. The van der Waals surface area contributed by atoms with Crippen molar-refractivity contribution < 1.29 is 4.74 Å². The number of alkyl halides is 1. The van der Waals surface area contributed by atoms with Gasteiger partial charge in [0, 0.05) is 6.61 Å². The minimum absolute atomic E-state index is 0.553. The molecule has 0 aliphatic carbocycles. The number of unbranched alkanes of at least 4 members (excludes halogenated alkanes) is 1. The molecule has 1 aliphatic rings. The largest absolute Gasteiger partial charge is 0.378 e. The van der Waals surface area contributed by atoms with Crippen LogP contribution in [-0.2, 0) is 4.74 Å². The lowest BCUT2D eigenvalue weighted by Gasteiger charge is -2.09. The van der Waals surface area contributed by atoms with Crippen LogP contribution in [0.4, 0.5) is 0 Å². The van der Waals surface area contributed by atoms with Crippen molar-refractivity contribution >= 4 is 22.6 Å². The Morgan fingerprint density at radius 2 is 2.23 bits per heavy atom. The zero-order valence-electron chi connectivity index (χ0n) is 8.23. The molecule has 0 aromatic heterocycles. The van der Waals surface area contributed by atoms with Crippen molar-refractivity contribution in [3.63, 3.8) is 0 Å². The van der Waals surface area contributed by atoms with Crippen LogP contribution in [0.3, 0.4) is 0 Å². The number of ether oxygens (including phenoxy) is 1. The molecule has 0 spiro atoms. The molecule has 1 fully saturated rings. The van der Waals surface area contributed by atoms with Crippen LogP contribution in [0.15, 0.2) is 0 Å². The average molecular weight is 297 g/mol. The van der Waals surface area contributed by atoms with Crippen LogP contribution in [-0.4, -0.2) is 30.2 Å². The van der Waals surface area contributed by atoms with Crippen molar-refractivity contribution in [2.75, 3.05) is 24.1 Å². The summed E-state index contributed by atoms with van der Waals surface area (Å²) in [5, 5.41) is 3.46. The van der Waals surface area contributed by atoms with Crippen molar-refractivity contribution in [1.82, 2.24) is 5.32 Å². The van der Waals surface area contributed by atoms with Crippen LogP contribution in [0.2, 0.25) is 0 Å². The Hall–Kier alpha value is 0.650. The molecule has 78 valence electrons. The molecule has 0 bridgehead atoms. The molecule has 0 radical (unpaired) electrons. The third-order valence-corrected chi connectivity index (χ3v) is 3.17. The van der Waals surface area contributed by atoms with Gasteiger partial charge in [0.1, 0.15) is 0 Å². The average Bonchev–Trinajstić information content (AvgIpc) is 2.63. The van der Waals surface area contributed by atoms with Gasteiger partial charge >= 0.3 is 0 Å². The third kappa shape index (κ3) is 5.86. The molecule has 3 heteroatoms. The van der Waals surface area contributed by atoms with Crippen molar-refractivity contribution in [3.05, 3.63) is 0 Å². The van der Waals surface area contributed by atoms with Crippen LogP contribution >= 0.6 is 22.6 Å². The van der Waals surface area contributed by atoms with Gasteiger partial charge in [-0.05, 0) is 49.6 Å². The molecule has 0 saturated carbocycles. The standard InChI is InChI=1S/C10H20INO/c11-6-1-2-7-12-8-5-10-4-3-9-13-10/h10,12H,1-9H2. The lowest BCUT2D eigenvalue weighted by Crippen LogP contribution is -2.21. The zero-order chi connectivity index (χ0) is 9.36. The van der Waals surface area contributed by atoms with Gasteiger partial charge in [0.25, 0.3) is 0 Å². The first-order valence-electron chi connectivity index (χ1n) is 5.32. The van der Waals surface area contributed by atoms with E-state index in [1.807, 2.05) is 0 Å². The lowest BCUT2D eigenvalue weighted by molar-refractivity contribution is 0.104. The highest BCUT2D eigenvalue weighted by molar-refractivity contribution is 14.1. The maximum absolute atomic E-state index is 5.54. The highest BCUT2D eigenvalue weighted by Crippen LogP contribution is 2.14. The van der Waals surface area contributed by atoms with E-state index in [-0.39, 0.29) is 0 Å². The number of rotatable bonds is 7. The Balaban J connectivity index is 1.78. The predicted octanol–water partition coefficient (Wildman–Crippen LogP) is 2.36. The molecule has 0 aromatic carbocycles. The minimum atomic E-state index is 0.553. The molecule has 13 heavy (non-hydrogen) atoms. The summed E-state index contributed by atoms with van der Waals surface area (Å²) in [5.41, 5.74) is 0. The normalized spacial score (nSPS) is 22.4. The highest BCUT2D eigenvalue weighted by Gasteiger charge is 2.13. The molecule has 1 rings (SSSR count). The fraction of sp³-hybridized carbons (Fsp3) is 1.00.